The van der Waals surface area contributed by atoms with Crippen molar-refractivity contribution < 1.29 is 19.0 Å². The first-order chi connectivity index (χ1) is 17.0. The van der Waals surface area contributed by atoms with Crippen LogP contribution < -0.4 is 0 Å². The van der Waals surface area contributed by atoms with Crippen LogP contribution in [0.15, 0.2) is 66.7 Å². The molecule has 1 N–H and O–H groups in total. The summed E-state index contributed by atoms with van der Waals surface area (Å²) in [5.74, 6) is -1.36. The number of nitrogens with zero attached hydrogens (tertiary/aromatic N) is 1. The minimum absolute atomic E-state index is 0.0409. The summed E-state index contributed by atoms with van der Waals surface area (Å²) in [6.45, 7) is 0.109. The molecule has 6 heteroatoms. The van der Waals surface area contributed by atoms with E-state index in [1.54, 1.807) is 0 Å². The van der Waals surface area contributed by atoms with Gasteiger partial charge in [-0.3, -0.25) is 4.79 Å². The standard InChI is InChI=1S/C29H21ClFNO3/c30-25-17-27-21(16-26(25)31)10-12-22(32-27)11-6-18-5-7-20-9-8-19-3-1-2-4-23(19)29(24(20)15-18)35-14-13-28(33)34/h1-12,15-17,29H,13-14H2,(H,33,34). The van der Waals surface area contributed by atoms with E-state index in [4.69, 9.17) is 21.4 Å². The van der Waals surface area contributed by atoms with E-state index in [-0.39, 0.29) is 24.2 Å². The maximum Gasteiger partial charge on any atom is 0.305 e. The van der Waals surface area contributed by atoms with Crippen LogP contribution in [0.25, 0.3) is 35.2 Å². The van der Waals surface area contributed by atoms with Gasteiger partial charge in [0.25, 0.3) is 0 Å². The van der Waals surface area contributed by atoms with Crippen molar-refractivity contribution in [3.63, 3.8) is 0 Å². The Labute approximate surface area is 207 Å². The fraction of sp³-hybridized carbons (Fsp3) is 0.103. The zero-order valence-corrected chi connectivity index (χ0v) is 19.4. The molecule has 174 valence electrons. The summed E-state index contributed by atoms with van der Waals surface area (Å²) in [7, 11) is 0. The van der Waals surface area contributed by atoms with Crippen molar-refractivity contribution in [2.45, 2.75) is 12.5 Å². The number of carboxylic acids is 1. The molecule has 0 saturated carbocycles. The molecule has 4 nitrogen and oxygen atoms in total. The van der Waals surface area contributed by atoms with Gasteiger partial charge in [0.15, 0.2) is 0 Å². The second kappa shape index (κ2) is 9.82. The van der Waals surface area contributed by atoms with Gasteiger partial charge < -0.3 is 9.84 Å². The summed E-state index contributed by atoms with van der Waals surface area (Å²) in [4.78, 5) is 15.6. The molecule has 1 heterocycles. The normalized spacial score (nSPS) is 14.6. The minimum atomic E-state index is -0.895. The molecule has 0 aliphatic heterocycles. The highest BCUT2D eigenvalue weighted by Crippen LogP contribution is 2.36. The monoisotopic (exact) mass is 485 g/mol. The van der Waals surface area contributed by atoms with Crippen LogP contribution in [0.1, 0.15) is 46.0 Å². The van der Waals surface area contributed by atoms with Crippen molar-refractivity contribution in [3.8, 4) is 0 Å². The van der Waals surface area contributed by atoms with Gasteiger partial charge in [-0.25, -0.2) is 9.37 Å². The Balaban J connectivity index is 1.48. The third-order valence-electron chi connectivity index (χ3n) is 5.91. The third kappa shape index (κ3) is 5.02. The van der Waals surface area contributed by atoms with Crippen LogP contribution in [0.3, 0.4) is 0 Å². The predicted octanol–water partition coefficient (Wildman–Crippen LogP) is 7.26. The van der Waals surface area contributed by atoms with E-state index in [2.05, 4.69) is 23.2 Å². The summed E-state index contributed by atoms with van der Waals surface area (Å²) < 4.78 is 19.8. The highest BCUT2D eigenvalue weighted by Gasteiger charge is 2.22. The lowest BCUT2D eigenvalue weighted by atomic mass is 9.94. The number of fused-ring (bicyclic) bond motifs is 3. The first-order valence-electron chi connectivity index (χ1n) is 11.2. The lowest BCUT2D eigenvalue weighted by Crippen LogP contribution is -2.12. The molecule has 0 amide bonds. The average molecular weight is 486 g/mol. The van der Waals surface area contributed by atoms with Gasteiger partial charge in [-0.1, -0.05) is 72.3 Å². The Morgan fingerprint density at radius 1 is 1.00 bits per heavy atom. The molecule has 0 bridgehead atoms. The molecular formula is C29H21ClFNO3. The number of rotatable bonds is 6. The van der Waals surface area contributed by atoms with Crippen molar-refractivity contribution >= 4 is 52.8 Å². The van der Waals surface area contributed by atoms with Crippen LogP contribution in [0.2, 0.25) is 5.02 Å². The highest BCUT2D eigenvalue weighted by atomic mass is 35.5. The number of benzene rings is 3. The molecule has 0 spiro atoms. The van der Waals surface area contributed by atoms with Crippen LogP contribution in [0.4, 0.5) is 4.39 Å². The molecule has 3 aromatic carbocycles. The number of carboxylic acid groups (broad SMARTS) is 1. The van der Waals surface area contributed by atoms with Gasteiger partial charge in [0.1, 0.15) is 11.9 Å². The number of carbonyl (C=O) groups is 1. The van der Waals surface area contributed by atoms with Crippen LogP contribution in [0, 0.1) is 5.82 Å². The summed E-state index contributed by atoms with van der Waals surface area (Å²) in [5.41, 5.74) is 6.30. The lowest BCUT2D eigenvalue weighted by molar-refractivity contribution is -0.138. The second-order valence-electron chi connectivity index (χ2n) is 8.27. The molecule has 5 rings (SSSR count). The summed E-state index contributed by atoms with van der Waals surface area (Å²) in [6, 6.07) is 20.6. The molecule has 1 unspecified atom stereocenters. The van der Waals surface area contributed by atoms with Crippen LogP contribution in [0.5, 0.6) is 0 Å². The first kappa shape index (κ1) is 23.0. The van der Waals surface area contributed by atoms with Crippen LogP contribution >= 0.6 is 11.6 Å². The van der Waals surface area contributed by atoms with Crippen molar-refractivity contribution in [2.75, 3.05) is 6.61 Å². The Hall–Kier alpha value is -3.80. The van der Waals surface area contributed by atoms with Gasteiger partial charge in [0.05, 0.1) is 29.3 Å². The Kier molecular flexibility index (Phi) is 6.45. The van der Waals surface area contributed by atoms with Crippen molar-refractivity contribution in [2.24, 2.45) is 0 Å². The van der Waals surface area contributed by atoms with E-state index in [1.165, 1.54) is 12.1 Å². The minimum Gasteiger partial charge on any atom is -0.481 e. The van der Waals surface area contributed by atoms with Crippen molar-refractivity contribution in [1.82, 2.24) is 4.98 Å². The molecule has 1 aliphatic carbocycles. The SMILES string of the molecule is O=C(O)CCOC1c2ccccc2C=Cc2ccc(C=Cc3ccc4cc(F)c(Cl)cc4n3)cc21. The van der Waals surface area contributed by atoms with E-state index in [0.29, 0.717) is 10.9 Å². The molecule has 0 saturated heterocycles. The quantitative estimate of drug-likeness (QED) is 0.312. The van der Waals surface area contributed by atoms with Crippen LogP contribution in [-0.4, -0.2) is 22.7 Å². The lowest BCUT2D eigenvalue weighted by Gasteiger charge is -2.21. The number of hydrogen-bond acceptors (Lipinski definition) is 3. The topological polar surface area (TPSA) is 59.4 Å². The van der Waals surface area contributed by atoms with Crippen LogP contribution in [-0.2, 0) is 9.53 Å². The number of pyridine rings is 1. The Morgan fingerprint density at radius 2 is 1.80 bits per heavy atom. The number of aromatic nitrogens is 1. The average Bonchev–Trinajstić information content (AvgIpc) is 3.00. The first-order valence-corrected chi connectivity index (χ1v) is 11.5. The summed E-state index contributed by atoms with van der Waals surface area (Å²) in [5, 5.41) is 9.80. The Bertz CT molecular complexity index is 1500. The van der Waals surface area contributed by atoms with Crippen molar-refractivity contribution in [3.05, 3.63) is 111 Å². The molecule has 0 fully saturated rings. The largest absolute Gasteiger partial charge is 0.481 e. The van der Waals surface area contributed by atoms with Crippen molar-refractivity contribution in [1.29, 1.82) is 0 Å². The van der Waals surface area contributed by atoms with Gasteiger partial charge in [-0.05, 0) is 58.2 Å². The highest BCUT2D eigenvalue weighted by molar-refractivity contribution is 6.31. The van der Waals surface area contributed by atoms with E-state index in [9.17, 15) is 9.18 Å². The van der Waals surface area contributed by atoms with Gasteiger partial charge >= 0.3 is 5.97 Å². The maximum absolute atomic E-state index is 13.7. The molecule has 1 aromatic heterocycles. The smallest absolute Gasteiger partial charge is 0.305 e. The molecule has 1 atom stereocenters. The zero-order valence-electron chi connectivity index (χ0n) is 18.6. The zero-order chi connectivity index (χ0) is 24.4. The second-order valence-corrected chi connectivity index (χ2v) is 8.68. The van der Waals surface area contributed by atoms with E-state index >= 15 is 0 Å². The number of halogens is 2. The third-order valence-corrected chi connectivity index (χ3v) is 6.20. The van der Waals surface area contributed by atoms with E-state index in [1.807, 2.05) is 60.7 Å². The van der Waals surface area contributed by atoms with Gasteiger partial charge in [-0.15, -0.1) is 0 Å². The summed E-state index contributed by atoms with van der Waals surface area (Å²) >= 11 is 5.91. The number of ether oxygens (including phenoxy) is 1. The molecular weight excluding hydrogens is 465 g/mol. The van der Waals surface area contributed by atoms with Gasteiger partial charge in [0.2, 0.25) is 0 Å². The number of aliphatic carboxylic acids is 1. The summed E-state index contributed by atoms with van der Waals surface area (Å²) in [6.07, 6.45) is 7.49. The van der Waals surface area contributed by atoms with E-state index in [0.717, 1.165) is 33.5 Å². The molecule has 0 radical (unpaired) electrons. The maximum atomic E-state index is 13.7. The fourth-order valence-corrected chi connectivity index (χ4v) is 4.33. The molecule has 1 aliphatic rings. The molecule has 35 heavy (non-hydrogen) atoms. The van der Waals surface area contributed by atoms with Gasteiger partial charge in [0, 0.05) is 5.39 Å². The Morgan fingerprint density at radius 3 is 2.63 bits per heavy atom. The fourth-order valence-electron chi connectivity index (χ4n) is 4.18. The predicted molar refractivity (Wildman–Crippen MR) is 137 cm³/mol. The molecule has 4 aromatic rings. The van der Waals surface area contributed by atoms with Gasteiger partial charge in [-0.2, -0.15) is 0 Å². The number of hydrogen-bond donors (Lipinski definition) is 1. The van der Waals surface area contributed by atoms with E-state index < -0.39 is 11.8 Å².